The molecule has 6 nitrogen and oxygen atoms in total. The summed E-state index contributed by atoms with van der Waals surface area (Å²) in [5.74, 6) is 0.377. The summed E-state index contributed by atoms with van der Waals surface area (Å²) in [6.07, 6.45) is 3.38. The van der Waals surface area contributed by atoms with E-state index < -0.39 is 0 Å². The first-order valence-corrected chi connectivity index (χ1v) is 9.66. The van der Waals surface area contributed by atoms with Gasteiger partial charge in [-0.3, -0.25) is 4.79 Å². The number of benzene rings is 1. The minimum atomic E-state index is -0.384. The predicted molar refractivity (Wildman–Crippen MR) is 111 cm³/mol. The van der Waals surface area contributed by atoms with Gasteiger partial charge in [-0.2, -0.15) is 5.26 Å². The van der Waals surface area contributed by atoms with Crippen molar-refractivity contribution in [2.45, 2.75) is 70.6 Å². The van der Waals surface area contributed by atoms with Crippen LogP contribution in [0.2, 0.25) is 0 Å². The van der Waals surface area contributed by atoms with E-state index in [-0.39, 0.29) is 34.6 Å². The van der Waals surface area contributed by atoms with Crippen molar-refractivity contribution >= 4 is 5.91 Å². The number of amides is 1. The second-order valence-electron chi connectivity index (χ2n) is 8.80. The molecule has 3 N–H and O–H groups in total. The minimum Gasteiger partial charge on any atom is -0.497 e. The van der Waals surface area contributed by atoms with E-state index in [1.807, 2.05) is 37.3 Å². The summed E-state index contributed by atoms with van der Waals surface area (Å²) < 4.78 is 5.15. The molecule has 1 aromatic rings. The highest BCUT2D eigenvalue weighted by Crippen LogP contribution is 2.28. The van der Waals surface area contributed by atoms with Crippen LogP contribution in [-0.2, 0) is 4.79 Å². The Kier molecular flexibility index (Phi) is 6.73. The summed E-state index contributed by atoms with van der Waals surface area (Å²) in [6.45, 7) is 10.6. The number of hydrogen-bond acceptors (Lipinski definition) is 5. The Hall–Kier alpha value is -2.52. The zero-order chi connectivity index (χ0) is 20.9. The number of carbonyl (C=O) groups excluding carboxylic acids is 1. The molecule has 0 radical (unpaired) electrons. The monoisotopic (exact) mass is 384 g/mol. The topological polar surface area (TPSA) is 86.2 Å². The second-order valence-corrected chi connectivity index (χ2v) is 8.80. The number of methoxy groups -OCH3 is 1. The molecule has 0 aliphatic carbocycles. The summed E-state index contributed by atoms with van der Waals surface area (Å²) in [5.41, 5.74) is 1.01. The molecule has 0 bridgehead atoms. The largest absolute Gasteiger partial charge is 0.497 e. The van der Waals surface area contributed by atoms with Crippen LogP contribution < -0.4 is 20.7 Å². The van der Waals surface area contributed by atoms with Crippen LogP contribution in [0.15, 0.2) is 36.0 Å². The normalized spacial score (nSPS) is 20.0. The number of nitrogens with one attached hydrogen (secondary N) is 3. The van der Waals surface area contributed by atoms with E-state index >= 15 is 0 Å². The van der Waals surface area contributed by atoms with Gasteiger partial charge < -0.3 is 20.7 Å². The molecule has 0 saturated carbocycles. The van der Waals surface area contributed by atoms with E-state index in [0.29, 0.717) is 0 Å². The molecule has 152 valence electrons. The lowest BCUT2D eigenvalue weighted by atomic mass is 9.80. The molecule has 1 heterocycles. The van der Waals surface area contributed by atoms with Gasteiger partial charge in [0.2, 0.25) is 0 Å². The van der Waals surface area contributed by atoms with Gasteiger partial charge in [0.05, 0.1) is 13.2 Å². The summed E-state index contributed by atoms with van der Waals surface area (Å²) in [5, 5.41) is 19.2. The fourth-order valence-electron chi connectivity index (χ4n) is 4.04. The van der Waals surface area contributed by atoms with Crippen molar-refractivity contribution in [2.24, 2.45) is 0 Å². The highest BCUT2D eigenvalue weighted by atomic mass is 16.5. The van der Waals surface area contributed by atoms with E-state index in [1.165, 1.54) is 0 Å². The summed E-state index contributed by atoms with van der Waals surface area (Å²) in [6, 6.07) is 9.49. The number of nitrogens with zero attached hydrogens (tertiary/aromatic N) is 1. The molecule has 2 rings (SSSR count). The maximum atomic E-state index is 12.5. The summed E-state index contributed by atoms with van der Waals surface area (Å²) in [7, 11) is 1.61. The van der Waals surface area contributed by atoms with E-state index in [2.05, 4.69) is 43.6 Å². The number of carbonyl (C=O) groups is 1. The third-order valence-electron chi connectivity index (χ3n) is 4.98. The Labute approximate surface area is 168 Å². The molecule has 6 heteroatoms. The molecular weight excluding hydrogens is 352 g/mol. The first kappa shape index (κ1) is 21.8. The van der Waals surface area contributed by atoms with Crippen LogP contribution in [0, 0.1) is 11.3 Å². The van der Waals surface area contributed by atoms with Gasteiger partial charge in [-0.05, 0) is 65.2 Å². The molecule has 1 unspecified atom stereocenters. The quantitative estimate of drug-likeness (QED) is 0.518. The number of piperidine rings is 1. The Morgan fingerprint density at radius 3 is 2.32 bits per heavy atom. The number of ether oxygens (including phenoxy) is 1. The Morgan fingerprint density at radius 1 is 1.25 bits per heavy atom. The Bertz CT molecular complexity index is 744. The van der Waals surface area contributed by atoms with Crippen LogP contribution >= 0.6 is 0 Å². The molecule has 1 aliphatic heterocycles. The molecule has 0 aromatic heterocycles. The third kappa shape index (κ3) is 6.00. The summed E-state index contributed by atoms with van der Waals surface area (Å²) in [4.78, 5) is 12.5. The van der Waals surface area contributed by atoms with Crippen molar-refractivity contribution in [2.75, 3.05) is 7.11 Å². The average molecular weight is 385 g/mol. The van der Waals surface area contributed by atoms with E-state index in [9.17, 15) is 10.1 Å². The van der Waals surface area contributed by atoms with Crippen molar-refractivity contribution in [3.05, 3.63) is 41.6 Å². The van der Waals surface area contributed by atoms with Crippen molar-refractivity contribution in [3.8, 4) is 11.8 Å². The van der Waals surface area contributed by atoms with Crippen LogP contribution in [0.3, 0.4) is 0 Å². The van der Waals surface area contributed by atoms with Crippen molar-refractivity contribution in [1.29, 1.82) is 5.26 Å². The molecular formula is C22H32N4O2. The maximum absolute atomic E-state index is 12.5. The van der Waals surface area contributed by atoms with Crippen molar-refractivity contribution in [3.63, 3.8) is 0 Å². The van der Waals surface area contributed by atoms with Crippen LogP contribution in [0.1, 0.15) is 59.1 Å². The van der Waals surface area contributed by atoms with Crippen LogP contribution in [-0.4, -0.2) is 30.1 Å². The number of rotatable bonds is 6. The highest BCUT2D eigenvalue weighted by Gasteiger charge is 2.37. The van der Waals surface area contributed by atoms with Gasteiger partial charge in [0.15, 0.2) is 0 Å². The van der Waals surface area contributed by atoms with Gasteiger partial charge in [0, 0.05) is 23.3 Å². The Morgan fingerprint density at radius 2 is 1.82 bits per heavy atom. The lowest BCUT2D eigenvalue weighted by Gasteiger charge is -2.46. The van der Waals surface area contributed by atoms with Crippen molar-refractivity contribution < 1.29 is 9.53 Å². The summed E-state index contributed by atoms with van der Waals surface area (Å²) >= 11 is 0. The SMILES string of the molecule is COc1ccc(C(C)NC(=O)/C(C#N)=C\NC2CC(C)(C)NC(C)(C)C2)cc1. The molecule has 1 aromatic carbocycles. The smallest absolute Gasteiger partial charge is 0.263 e. The fourth-order valence-corrected chi connectivity index (χ4v) is 4.04. The zero-order valence-corrected chi connectivity index (χ0v) is 17.7. The molecule has 0 spiro atoms. The molecule has 1 fully saturated rings. The average Bonchev–Trinajstić information content (AvgIpc) is 2.59. The number of hydrogen-bond donors (Lipinski definition) is 3. The van der Waals surface area contributed by atoms with Crippen LogP contribution in [0.5, 0.6) is 5.75 Å². The maximum Gasteiger partial charge on any atom is 0.263 e. The Balaban J connectivity index is 2.01. The lowest BCUT2D eigenvalue weighted by molar-refractivity contribution is -0.117. The van der Waals surface area contributed by atoms with Gasteiger partial charge in [0.25, 0.3) is 5.91 Å². The van der Waals surface area contributed by atoms with Gasteiger partial charge in [-0.1, -0.05) is 12.1 Å². The lowest BCUT2D eigenvalue weighted by Crippen LogP contribution is -2.61. The van der Waals surface area contributed by atoms with Crippen molar-refractivity contribution in [1.82, 2.24) is 16.0 Å². The highest BCUT2D eigenvalue weighted by molar-refractivity contribution is 5.97. The first-order chi connectivity index (χ1) is 13.0. The first-order valence-electron chi connectivity index (χ1n) is 9.66. The zero-order valence-electron chi connectivity index (χ0n) is 17.7. The van der Waals surface area contributed by atoms with Gasteiger partial charge in [0.1, 0.15) is 17.4 Å². The molecule has 1 saturated heterocycles. The molecule has 28 heavy (non-hydrogen) atoms. The van der Waals surface area contributed by atoms with Gasteiger partial charge in [-0.15, -0.1) is 0 Å². The van der Waals surface area contributed by atoms with Gasteiger partial charge in [-0.25, -0.2) is 0 Å². The molecule has 1 amide bonds. The van der Waals surface area contributed by atoms with Crippen LogP contribution in [0.4, 0.5) is 0 Å². The predicted octanol–water partition coefficient (Wildman–Crippen LogP) is 3.18. The standard InChI is InChI=1S/C22H32N4O2/c1-15(16-7-9-19(28-6)10-8-16)25-20(27)17(13-23)14-24-18-11-21(2,3)26-22(4,5)12-18/h7-10,14-15,18,24,26H,11-12H2,1-6H3,(H,25,27)/b17-14-. The van der Waals surface area contributed by atoms with E-state index in [0.717, 1.165) is 24.2 Å². The van der Waals surface area contributed by atoms with Gasteiger partial charge >= 0.3 is 0 Å². The van der Waals surface area contributed by atoms with E-state index in [4.69, 9.17) is 4.74 Å². The molecule has 1 atom stereocenters. The second kappa shape index (κ2) is 8.66. The third-order valence-corrected chi connectivity index (χ3v) is 4.98. The minimum absolute atomic E-state index is 0.00873. The number of nitriles is 1. The fraction of sp³-hybridized carbons (Fsp3) is 0.545. The van der Waals surface area contributed by atoms with Crippen LogP contribution in [0.25, 0.3) is 0 Å². The van der Waals surface area contributed by atoms with E-state index in [1.54, 1.807) is 13.3 Å². The molecule has 1 aliphatic rings.